The molecule has 0 heterocycles. The molecular formula is C20H26N+. The van der Waals surface area contributed by atoms with Crippen molar-refractivity contribution in [1.29, 1.82) is 0 Å². The van der Waals surface area contributed by atoms with Gasteiger partial charge >= 0.3 is 0 Å². The van der Waals surface area contributed by atoms with Gasteiger partial charge in [-0.15, -0.1) is 0 Å². The summed E-state index contributed by atoms with van der Waals surface area (Å²) in [4.78, 5) is 1.54. The summed E-state index contributed by atoms with van der Waals surface area (Å²) in [6.07, 6.45) is 2.45. The minimum absolute atomic E-state index is 0.508. The molecule has 0 fully saturated rings. The molecular weight excluding hydrogens is 254 g/mol. The van der Waals surface area contributed by atoms with E-state index in [0.717, 1.165) is 0 Å². The molecule has 2 aromatic carbocycles. The Balaban J connectivity index is 2.04. The zero-order chi connectivity index (χ0) is 14.8. The molecule has 0 amide bonds. The van der Waals surface area contributed by atoms with Crippen LogP contribution in [0.5, 0.6) is 0 Å². The number of hydrogen-bond acceptors (Lipinski definition) is 0. The standard InChI is InChI=1S/C20H25N/c1-15-18-9-5-4-8-16(18)14-17(12-13-21(2)3)20-11-7-6-10-19(15)20/h4-11,15,17H,12-14H2,1-3H3/p+1/t15-,17-/m1/s1. The number of nitrogens with one attached hydrogen (secondary N) is 1. The lowest BCUT2D eigenvalue weighted by molar-refractivity contribution is -0.858. The molecule has 0 radical (unpaired) electrons. The van der Waals surface area contributed by atoms with Gasteiger partial charge < -0.3 is 4.90 Å². The average Bonchev–Trinajstić information content (AvgIpc) is 2.62. The lowest BCUT2D eigenvalue weighted by atomic mass is 9.87. The van der Waals surface area contributed by atoms with E-state index in [1.165, 1.54) is 35.4 Å². The molecule has 0 spiro atoms. The highest BCUT2D eigenvalue weighted by molar-refractivity contribution is 5.46. The highest BCUT2D eigenvalue weighted by atomic mass is 15.0. The normalized spacial score (nSPS) is 20.8. The van der Waals surface area contributed by atoms with Gasteiger partial charge in [0.25, 0.3) is 0 Å². The fourth-order valence-electron chi connectivity index (χ4n) is 3.68. The summed E-state index contributed by atoms with van der Waals surface area (Å²) in [6, 6.07) is 18.1. The Morgan fingerprint density at radius 3 is 2.24 bits per heavy atom. The van der Waals surface area contributed by atoms with E-state index in [-0.39, 0.29) is 0 Å². The van der Waals surface area contributed by atoms with Crippen molar-refractivity contribution < 1.29 is 4.90 Å². The molecule has 21 heavy (non-hydrogen) atoms. The summed E-state index contributed by atoms with van der Waals surface area (Å²) < 4.78 is 0. The maximum absolute atomic E-state index is 2.36. The molecule has 3 rings (SSSR count). The predicted octanol–water partition coefficient (Wildman–Crippen LogP) is 3.01. The molecule has 1 N–H and O–H groups in total. The maximum Gasteiger partial charge on any atom is 0.0772 e. The van der Waals surface area contributed by atoms with Gasteiger partial charge in [-0.25, -0.2) is 0 Å². The van der Waals surface area contributed by atoms with Gasteiger partial charge in [0.05, 0.1) is 20.6 Å². The fraction of sp³-hybridized carbons (Fsp3) is 0.400. The summed E-state index contributed by atoms with van der Waals surface area (Å²) in [5.74, 6) is 1.16. The van der Waals surface area contributed by atoms with Gasteiger partial charge in [0.1, 0.15) is 0 Å². The highest BCUT2D eigenvalue weighted by Crippen LogP contribution is 2.39. The number of hydrogen-bond donors (Lipinski definition) is 1. The molecule has 110 valence electrons. The molecule has 2 aromatic rings. The quantitative estimate of drug-likeness (QED) is 0.881. The minimum atomic E-state index is 0.508. The van der Waals surface area contributed by atoms with Gasteiger partial charge in [0.15, 0.2) is 0 Å². The first-order valence-corrected chi connectivity index (χ1v) is 8.12. The molecule has 1 heteroatoms. The SMILES string of the molecule is C[C@@H]1c2ccccc2C[C@@H](CC[NH+](C)C)c2ccccc21. The molecule has 0 bridgehead atoms. The molecule has 1 aliphatic carbocycles. The number of benzene rings is 2. The van der Waals surface area contributed by atoms with Crippen molar-refractivity contribution in [1.82, 2.24) is 0 Å². The van der Waals surface area contributed by atoms with E-state index >= 15 is 0 Å². The first-order valence-electron chi connectivity index (χ1n) is 8.12. The third-order valence-electron chi connectivity index (χ3n) is 4.88. The van der Waals surface area contributed by atoms with Gasteiger partial charge in [-0.2, -0.15) is 0 Å². The summed E-state index contributed by atoms with van der Waals surface area (Å²) in [5.41, 5.74) is 6.16. The van der Waals surface area contributed by atoms with Crippen molar-refractivity contribution in [2.75, 3.05) is 20.6 Å². The second kappa shape index (κ2) is 6.03. The Morgan fingerprint density at radius 2 is 1.52 bits per heavy atom. The smallest absolute Gasteiger partial charge is 0.0772 e. The van der Waals surface area contributed by atoms with Gasteiger partial charge in [-0.3, -0.25) is 0 Å². The third kappa shape index (κ3) is 2.89. The van der Waals surface area contributed by atoms with Crippen molar-refractivity contribution in [3.05, 3.63) is 70.8 Å². The number of rotatable bonds is 3. The van der Waals surface area contributed by atoms with E-state index in [1.807, 2.05) is 0 Å². The van der Waals surface area contributed by atoms with E-state index in [1.54, 1.807) is 11.1 Å². The molecule has 1 aliphatic rings. The van der Waals surface area contributed by atoms with Crippen LogP contribution in [-0.4, -0.2) is 20.6 Å². The van der Waals surface area contributed by atoms with Crippen molar-refractivity contribution in [2.45, 2.75) is 31.6 Å². The van der Waals surface area contributed by atoms with Crippen molar-refractivity contribution in [3.63, 3.8) is 0 Å². The van der Waals surface area contributed by atoms with E-state index in [0.29, 0.717) is 11.8 Å². The average molecular weight is 280 g/mol. The maximum atomic E-state index is 2.36. The van der Waals surface area contributed by atoms with Crippen LogP contribution in [0.3, 0.4) is 0 Å². The van der Waals surface area contributed by atoms with Crippen molar-refractivity contribution in [2.24, 2.45) is 0 Å². The van der Waals surface area contributed by atoms with E-state index < -0.39 is 0 Å². The summed E-state index contributed by atoms with van der Waals surface area (Å²) in [5, 5.41) is 0. The third-order valence-corrected chi connectivity index (χ3v) is 4.88. The summed E-state index contributed by atoms with van der Waals surface area (Å²) >= 11 is 0. The van der Waals surface area contributed by atoms with Crippen LogP contribution in [0.4, 0.5) is 0 Å². The van der Waals surface area contributed by atoms with Crippen LogP contribution in [-0.2, 0) is 6.42 Å². The van der Waals surface area contributed by atoms with Crippen molar-refractivity contribution >= 4 is 0 Å². The van der Waals surface area contributed by atoms with E-state index in [4.69, 9.17) is 0 Å². The van der Waals surface area contributed by atoms with Gasteiger partial charge in [-0.05, 0) is 34.6 Å². The van der Waals surface area contributed by atoms with Crippen LogP contribution < -0.4 is 4.90 Å². The molecule has 0 saturated heterocycles. The van der Waals surface area contributed by atoms with Crippen LogP contribution in [0.2, 0.25) is 0 Å². The molecule has 0 aromatic heterocycles. The van der Waals surface area contributed by atoms with Crippen LogP contribution >= 0.6 is 0 Å². The van der Waals surface area contributed by atoms with Gasteiger partial charge in [0, 0.05) is 12.3 Å². The summed E-state index contributed by atoms with van der Waals surface area (Å²) in [6.45, 7) is 3.59. The molecule has 0 saturated carbocycles. The fourth-order valence-corrected chi connectivity index (χ4v) is 3.68. The lowest BCUT2D eigenvalue weighted by Gasteiger charge is -2.20. The minimum Gasteiger partial charge on any atom is -0.340 e. The zero-order valence-corrected chi connectivity index (χ0v) is 13.4. The number of quaternary nitrogens is 1. The Hall–Kier alpha value is -1.60. The predicted molar refractivity (Wildman–Crippen MR) is 89.1 cm³/mol. The van der Waals surface area contributed by atoms with E-state index in [2.05, 4.69) is 69.6 Å². The van der Waals surface area contributed by atoms with Crippen LogP contribution in [0.1, 0.15) is 47.4 Å². The monoisotopic (exact) mass is 280 g/mol. The van der Waals surface area contributed by atoms with Crippen LogP contribution in [0.15, 0.2) is 48.5 Å². The van der Waals surface area contributed by atoms with E-state index in [9.17, 15) is 0 Å². The topological polar surface area (TPSA) is 4.44 Å². The Bertz CT molecular complexity index is 615. The second-order valence-corrected chi connectivity index (χ2v) is 6.70. The zero-order valence-electron chi connectivity index (χ0n) is 13.4. The van der Waals surface area contributed by atoms with Crippen molar-refractivity contribution in [3.8, 4) is 0 Å². The highest BCUT2D eigenvalue weighted by Gasteiger charge is 2.26. The van der Waals surface area contributed by atoms with Crippen LogP contribution in [0, 0.1) is 0 Å². The van der Waals surface area contributed by atoms with Gasteiger partial charge in [0.2, 0.25) is 0 Å². The Kier molecular flexibility index (Phi) is 4.12. The molecule has 2 atom stereocenters. The first-order chi connectivity index (χ1) is 10.2. The molecule has 0 aliphatic heterocycles. The largest absolute Gasteiger partial charge is 0.340 e. The lowest BCUT2D eigenvalue weighted by Crippen LogP contribution is -3.05. The second-order valence-electron chi connectivity index (χ2n) is 6.70. The number of fused-ring (bicyclic) bond motifs is 2. The van der Waals surface area contributed by atoms with Gasteiger partial charge in [-0.1, -0.05) is 55.5 Å². The first kappa shape index (κ1) is 14.3. The van der Waals surface area contributed by atoms with Crippen LogP contribution in [0.25, 0.3) is 0 Å². The summed E-state index contributed by atoms with van der Waals surface area (Å²) in [7, 11) is 4.50. The molecule has 1 nitrogen and oxygen atoms in total. The molecule has 0 unspecified atom stereocenters. The Labute approximate surface area is 128 Å². The Morgan fingerprint density at radius 1 is 0.905 bits per heavy atom.